The number of benzene rings is 1. The third-order valence-corrected chi connectivity index (χ3v) is 5.26. The number of rotatable bonds is 6. The van der Waals surface area contributed by atoms with E-state index in [-0.39, 0.29) is 17.3 Å². The van der Waals surface area contributed by atoms with Crippen LogP contribution in [0, 0.1) is 13.8 Å². The molecule has 1 N–H and O–H groups in total. The van der Waals surface area contributed by atoms with E-state index in [1.165, 1.54) is 18.7 Å². The number of ketones is 2. The molecular formula is C20H21N3O2S. The number of aryl methyl sites for hydroxylation is 3. The predicted molar refractivity (Wildman–Crippen MR) is 104 cm³/mol. The number of nitrogens with zero attached hydrogens (tertiary/aromatic N) is 2. The standard InChI is InChI=1S/C20H21N3O2S/c1-5-17-22-11(2)18(13(4)24)20(23-17)26-10-16(25)19-12(3)21-15-9-7-6-8-14(15)19/h6-9,21H,5,10H2,1-4H3. The second-order valence-corrected chi connectivity index (χ2v) is 7.16. The Morgan fingerprint density at radius 2 is 1.85 bits per heavy atom. The molecule has 2 aromatic heterocycles. The van der Waals surface area contributed by atoms with Gasteiger partial charge < -0.3 is 4.98 Å². The highest BCUT2D eigenvalue weighted by Crippen LogP contribution is 2.27. The number of Topliss-reactive ketones (excluding diaryl/α,β-unsaturated/α-hetero) is 2. The van der Waals surface area contributed by atoms with Gasteiger partial charge >= 0.3 is 0 Å². The summed E-state index contributed by atoms with van der Waals surface area (Å²) in [5.74, 6) is 0.852. The largest absolute Gasteiger partial charge is 0.358 e. The Labute approximate surface area is 156 Å². The maximum absolute atomic E-state index is 12.9. The number of para-hydroxylation sites is 1. The number of carbonyl (C=O) groups is 2. The van der Waals surface area contributed by atoms with E-state index in [4.69, 9.17) is 0 Å². The zero-order valence-electron chi connectivity index (χ0n) is 15.3. The Morgan fingerprint density at radius 3 is 2.54 bits per heavy atom. The lowest BCUT2D eigenvalue weighted by Crippen LogP contribution is -2.10. The van der Waals surface area contributed by atoms with Gasteiger partial charge in [-0.25, -0.2) is 9.97 Å². The van der Waals surface area contributed by atoms with Crippen molar-refractivity contribution in [2.24, 2.45) is 0 Å². The topological polar surface area (TPSA) is 75.7 Å². The molecule has 0 saturated carbocycles. The third kappa shape index (κ3) is 3.42. The summed E-state index contributed by atoms with van der Waals surface area (Å²) in [6.07, 6.45) is 0.683. The fourth-order valence-electron chi connectivity index (χ4n) is 3.11. The summed E-state index contributed by atoms with van der Waals surface area (Å²) >= 11 is 1.31. The number of fused-ring (bicyclic) bond motifs is 1. The van der Waals surface area contributed by atoms with E-state index < -0.39 is 0 Å². The molecule has 0 spiro atoms. The van der Waals surface area contributed by atoms with Gasteiger partial charge in [-0.3, -0.25) is 9.59 Å². The molecule has 0 fully saturated rings. The molecule has 3 rings (SSSR count). The lowest BCUT2D eigenvalue weighted by Gasteiger charge is -2.10. The maximum atomic E-state index is 12.9. The molecule has 0 aliphatic rings. The van der Waals surface area contributed by atoms with Crippen LogP contribution in [0.5, 0.6) is 0 Å². The number of H-pyrrole nitrogens is 1. The van der Waals surface area contributed by atoms with Gasteiger partial charge in [0.25, 0.3) is 0 Å². The van der Waals surface area contributed by atoms with Gasteiger partial charge in [0.15, 0.2) is 11.6 Å². The third-order valence-electron chi connectivity index (χ3n) is 4.28. The SMILES string of the molecule is CCc1nc(C)c(C(C)=O)c(SCC(=O)c2c(C)[nH]c3ccccc23)n1. The molecule has 5 nitrogen and oxygen atoms in total. The first-order valence-corrected chi connectivity index (χ1v) is 9.52. The van der Waals surface area contributed by atoms with Crippen molar-refractivity contribution >= 4 is 34.2 Å². The summed E-state index contributed by atoms with van der Waals surface area (Å²) in [6, 6.07) is 7.77. The van der Waals surface area contributed by atoms with Crippen LogP contribution >= 0.6 is 11.8 Å². The van der Waals surface area contributed by atoms with Gasteiger partial charge in [-0.15, -0.1) is 0 Å². The molecule has 2 heterocycles. The monoisotopic (exact) mass is 367 g/mol. The van der Waals surface area contributed by atoms with E-state index >= 15 is 0 Å². The summed E-state index contributed by atoms with van der Waals surface area (Å²) in [5, 5.41) is 1.52. The van der Waals surface area contributed by atoms with Crippen molar-refractivity contribution in [1.29, 1.82) is 0 Å². The highest BCUT2D eigenvalue weighted by molar-refractivity contribution is 8.00. The van der Waals surface area contributed by atoms with Crippen LogP contribution in [0.2, 0.25) is 0 Å². The zero-order chi connectivity index (χ0) is 18.8. The van der Waals surface area contributed by atoms with E-state index in [0.29, 0.717) is 34.1 Å². The minimum Gasteiger partial charge on any atom is -0.358 e. The average Bonchev–Trinajstić information content (AvgIpc) is 2.94. The lowest BCUT2D eigenvalue weighted by atomic mass is 10.1. The van der Waals surface area contributed by atoms with Crippen molar-refractivity contribution in [3.63, 3.8) is 0 Å². The average molecular weight is 367 g/mol. The van der Waals surface area contributed by atoms with Crippen LogP contribution in [-0.4, -0.2) is 32.3 Å². The molecule has 6 heteroatoms. The molecule has 0 aliphatic heterocycles. The van der Waals surface area contributed by atoms with Crippen molar-refractivity contribution in [2.75, 3.05) is 5.75 Å². The molecule has 0 radical (unpaired) electrons. The molecule has 134 valence electrons. The van der Waals surface area contributed by atoms with Crippen LogP contribution in [0.3, 0.4) is 0 Å². The van der Waals surface area contributed by atoms with E-state index in [9.17, 15) is 9.59 Å². The molecule has 26 heavy (non-hydrogen) atoms. The van der Waals surface area contributed by atoms with Crippen molar-refractivity contribution in [2.45, 2.75) is 39.1 Å². The van der Waals surface area contributed by atoms with Gasteiger partial charge in [0, 0.05) is 28.6 Å². The molecular weight excluding hydrogens is 346 g/mol. The van der Waals surface area contributed by atoms with Gasteiger partial charge in [-0.1, -0.05) is 36.9 Å². The number of aromatic amines is 1. The first-order chi connectivity index (χ1) is 12.4. The molecule has 0 amide bonds. The number of nitrogens with one attached hydrogen (secondary N) is 1. The second-order valence-electron chi connectivity index (χ2n) is 6.20. The molecule has 0 bridgehead atoms. The van der Waals surface area contributed by atoms with Gasteiger partial charge in [-0.05, 0) is 26.8 Å². The van der Waals surface area contributed by atoms with Crippen molar-refractivity contribution in [1.82, 2.24) is 15.0 Å². The lowest BCUT2D eigenvalue weighted by molar-refractivity contribution is 0.100. The number of aromatic nitrogens is 3. The van der Waals surface area contributed by atoms with Crippen molar-refractivity contribution in [3.05, 3.63) is 52.6 Å². The molecule has 0 atom stereocenters. The van der Waals surface area contributed by atoms with Crippen LogP contribution in [0.25, 0.3) is 10.9 Å². The van der Waals surface area contributed by atoms with E-state index in [2.05, 4.69) is 15.0 Å². The molecule has 1 aromatic carbocycles. The van der Waals surface area contributed by atoms with Gasteiger partial charge in [0.2, 0.25) is 0 Å². The maximum Gasteiger partial charge on any atom is 0.175 e. The Bertz CT molecular complexity index is 1010. The summed E-state index contributed by atoms with van der Waals surface area (Å²) in [4.78, 5) is 37.0. The van der Waals surface area contributed by atoms with Crippen LogP contribution in [0.15, 0.2) is 29.3 Å². The fourth-order valence-corrected chi connectivity index (χ4v) is 4.13. The fraction of sp³-hybridized carbons (Fsp3) is 0.300. The normalized spacial score (nSPS) is 11.1. The smallest absolute Gasteiger partial charge is 0.175 e. The van der Waals surface area contributed by atoms with E-state index in [1.54, 1.807) is 0 Å². The first kappa shape index (κ1) is 18.3. The Balaban J connectivity index is 1.91. The zero-order valence-corrected chi connectivity index (χ0v) is 16.2. The molecule has 0 aliphatic carbocycles. The van der Waals surface area contributed by atoms with Crippen molar-refractivity contribution < 1.29 is 9.59 Å². The Hall–Kier alpha value is -2.47. The Kier molecular flexibility index (Phi) is 5.23. The second kappa shape index (κ2) is 7.41. The van der Waals surface area contributed by atoms with E-state index in [1.807, 2.05) is 45.0 Å². The van der Waals surface area contributed by atoms with Gasteiger partial charge in [-0.2, -0.15) is 0 Å². The molecule has 0 unspecified atom stereocenters. The van der Waals surface area contributed by atoms with Gasteiger partial charge in [0.05, 0.1) is 17.0 Å². The summed E-state index contributed by atoms with van der Waals surface area (Å²) in [5.41, 5.74) is 3.70. The van der Waals surface area contributed by atoms with Gasteiger partial charge in [0.1, 0.15) is 10.9 Å². The first-order valence-electron chi connectivity index (χ1n) is 8.54. The minimum absolute atomic E-state index is 0.0220. The molecule has 0 saturated heterocycles. The molecule has 3 aromatic rings. The minimum atomic E-state index is -0.0802. The quantitative estimate of drug-likeness (QED) is 0.399. The summed E-state index contributed by atoms with van der Waals surface area (Å²) < 4.78 is 0. The predicted octanol–water partition coefficient (Wildman–Crippen LogP) is 4.31. The number of hydrogen-bond donors (Lipinski definition) is 1. The number of carbonyl (C=O) groups excluding carboxylic acids is 2. The number of hydrogen-bond acceptors (Lipinski definition) is 5. The highest BCUT2D eigenvalue weighted by Gasteiger charge is 2.20. The Morgan fingerprint density at radius 1 is 1.12 bits per heavy atom. The van der Waals surface area contributed by atoms with Crippen LogP contribution in [0.1, 0.15) is 51.8 Å². The van der Waals surface area contributed by atoms with Crippen LogP contribution < -0.4 is 0 Å². The number of thioether (sulfide) groups is 1. The van der Waals surface area contributed by atoms with E-state index in [0.717, 1.165) is 16.6 Å². The van der Waals surface area contributed by atoms with Crippen LogP contribution in [-0.2, 0) is 6.42 Å². The summed E-state index contributed by atoms with van der Waals surface area (Å²) in [6.45, 7) is 7.19. The summed E-state index contributed by atoms with van der Waals surface area (Å²) in [7, 11) is 0. The van der Waals surface area contributed by atoms with Crippen molar-refractivity contribution in [3.8, 4) is 0 Å². The van der Waals surface area contributed by atoms with Crippen LogP contribution in [0.4, 0.5) is 0 Å². The highest BCUT2D eigenvalue weighted by atomic mass is 32.2.